The summed E-state index contributed by atoms with van der Waals surface area (Å²) in [6.07, 6.45) is 1.78. The molecule has 2 heterocycles. The number of rotatable bonds is 4. The number of nitrogens with one attached hydrogen (secondary N) is 1. The fourth-order valence-electron chi connectivity index (χ4n) is 1.94. The number of hydrogen-bond acceptors (Lipinski definition) is 4. The van der Waals surface area contributed by atoms with Crippen LogP contribution in [-0.4, -0.2) is 14.8 Å². The van der Waals surface area contributed by atoms with E-state index in [2.05, 4.69) is 31.4 Å². The van der Waals surface area contributed by atoms with Gasteiger partial charge in [0.1, 0.15) is 6.04 Å². The summed E-state index contributed by atoms with van der Waals surface area (Å²) < 4.78 is 2.83. The molecule has 0 aliphatic carbocycles. The van der Waals surface area contributed by atoms with Crippen molar-refractivity contribution in [1.29, 1.82) is 0 Å². The molecule has 1 unspecified atom stereocenters. The van der Waals surface area contributed by atoms with Crippen LogP contribution >= 0.6 is 15.9 Å². The van der Waals surface area contributed by atoms with Crippen LogP contribution in [0.25, 0.3) is 0 Å². The fraction of sp³-hybridized carbons (Fsp3) is 0.333. The molecule has 0 aliphatic heterocycles. The number of aryl methyl sites for hydroxylation is 2. The van der Waals surface area contributed by atoms with Crippen molar-refractivity contribution in [1.82, 2.24) is 20.2 Å². The van der Waals surface area contributed by atoms with E-state index >= 15 is 0 Å². The van der Waals surface area contributed by atoms with Gasteiger partial charge in [-0.3, -0.25) is 15.5 Å². The van der Waals surface area contributed by atoms with E-state index in [9.17, 15) is 0 Å². The summed E-state index contributed by atoms with van der Waals surface area (Å²) in [7, 11) is 0. The van der Waals surface area contributed by atoms with Crippen molar-refractivity contribution in [3.63, 3.8) is 0 Å². The molecule has 0 amide bonds. The van der Waals surface area contributed by atoms with Crippen molar-refractivity contribution >= 4 is 15.9 Å². The summed E-state index contributed by atoms with van der Waals surface area (Å²) in [6, 6.07) is 5.71. The second-order valence-corrected chi connectivity index (χ2v) is 4.85. The monoisotopic (exact) mass is 309 g/mol. The number of hydrazine groups is 1. The van der Waals surface area contributed by atoms with Gasteiger partial charge in [0.15, 0.2) is 0 Å². The maximum atomic E-state index is 5.69. The summed E-state index contributed by atoms with van der Waals surface area (Å²) in [4.78, 5) is 4.51. The largest absolute Gasteiger partial charge is 0.270 e. The lowest BCUT2D eigenvalue weighted by Gasteiger charge is -2.17. The van der Waals surface area contributed by atoms with Crippen molar-refractivity contribution in [2.75, 3.05) is 0 Å². The Morgan fingerprint density at radius 3 is 2.89 bits per heavy atom. The van der Waals surface area contributed by atoms with E-state index in [1.54, 1.807) is 6.20 Å². The van der Waals surface area contributed by atoms with Gasteiger partial charge in [0.05, 0.1) is 22.1 Å². The number of pyridine rings is 1. The first-order valence-electron chi connectivity index (χ1n) is 5.78. The second-order valence-electron chi connectivity index (χ2n) is 4.00. The number of aromatic nitrogens is 3. The Hall–Kier alpha value is -1.24. The van der Waals surface area contributed by atoms with E-state index in [4.69, 9.17) is 5.84 Å². The fourth-order valence-corrected chi connectivity index (χ4v) is 2.47. The predicted molar refractivity (Wildman–Crippen MR) is 73.7 cm³/mol. The first kappa shape index (κ1) is 13.2. The zero-order chi connectivity index (χ0) is 13.1. The predicted octanol–water partition coefficient (Wildman–Crippen LogP) is 1.92. The second kappa shape index (κ2) is 5.60. The van der Waals surface area contributed by atoms with Gasteiger partial charge in [-0.1, -0.05) is 6.07 Å². The average Bonchev–Trinajstić information content (AvgIpc) is 2.72. The van der Waals surface area contributed by atoms with E-state index in [1.807, 2.05) is 36.7 Å². The molecule has 96 valence electrons. The molecule has 18 heavy (non-hydrogen) atoms. The zero-order valence-electron chi connectivity index (χ0n) is 10.4. The topological polar surface area (TPSA) is 68.8 Å². The molecule has 2 aromatic heterocycles. The molecule has 0 bridgehead atoms. The van der Waals surface area contributed by atoms with Crippen LogP contribution in [0.15, 0.2) is 28.9 Å². The molecule has 2 aromatic rings. The molecule has 0 fully saturated rings. The Kier molecular flexibility index (Phi) is 4.11. The van der Waals surface area contributed by atoms with Crippen molar-refractivity contribution in [3.8, 4) is 0 Å². The normalized spacial score (nSPS) is 12.7. The lowest BCUT2D eigenvalue weighted by Crippen LogP contribution is -2.31. The molecule has 0 saturated carbocycles. The van der Waals surface area contributed by atoms with E-state index in [-0.39, 0.29) is 6.04 Å². The number of hydrogen-bond donors (Lipinski definition) is 2. The summed E-state index contributed by atoms with van der Waals surface area (Å²) in [5.74, 6) is 5.69. The summed E-state index contributed by atoms with van der Waals surface area (Å²) in [6.45, 7) is 4.79. The van der Waals surface area contributed by atoms with Crippen LogP contribution in [0.3, 0.4) is 0 Å². The van der Waals surface area contributed by atoms with Gasteiger partial charge in [-0.2, -0.15) is 5.10 Å². The molecule has 5 nitrogen and oxygen atoms in total. The van der Waals surface area contributed by atoms with Crippen LogP contribution in [0.5, 0.6) is 0 Å². The van der Waals surface area contributed by atoms with E-state index < -0.39 is 0 Å². The summed E-state index contributed by atoms with van der Waals surface area (Å²) in [5.41, 5.74) is 5.64. The van der Waals surface area contributed by atoms with Crippen LogP contribution in [0.1, 0.15) is 30.0 Å². The quantitative estimate of drug-likeness (QED) is 0.669. The molecule has 0 aromatic carbocycles. The third-order valence-electron chi connectivity index (χ3n) is 2.78. The van der Waals surface area contributed by atoms with Crippen LogP contribution in [0, 0.1) is 6.92 Å². The van der Waals surface area contributed by atoms with Gasteiger partial charge < -0.3 is 0 Å². The third-order valence-corrected chi connectivity index (χ3v) is 3.39. The zero-order valence-corrected chi connectivity index (χ0v) is 12.0. The van der Waals surface area contributed by atoms with E-state index in [0.29, 0.717) is 0 Å². The van der Waals surface area contributed by atoms with Gasteiger partial charge in [0.25, 0.3) is 0 Å². The highest BCUT2D eigenvalue weighted by atomic mass is 79.9. The highest BCUT2D eigenvalue weighted by molar-refractivity contribution is 9.10. The standard InChI is InChI=1S/C12H16BrN5/c1-3-18-12(9(13)7-15-18)11(17-14)10-6-4-5-8(2)16-10/h4-7,11,17H,3,14H2,1-2H3. The Balaban J connectivity index is 2.48. The molecule has 0 saturated heterocycles. The smallest absolute Gasteiger partial charge is 0.106 e. The van der Waals surface area contributed by atoms with Crippen molar-refractivity contribution in [3.05, 3.63) is 46.0 Å². The highest BCUT2D eigenvalue weighted by Crippen LogP contribution is 2.27. The molecule has 6 heteroatoms. The molecule has 0 spiro atoms. The Bertz CT molecular complexity index is 537. The van der Waals surface area contributed by atoms with Crippen molar-refractivity contribution in [2.24, 2.45) is 5.84 Å². The van der Waals surface area contributed by atoms with E-state index in [0.717, 1.165) is 28.1 Å². The minimum absolute atomic E-state index is 0.179. The Labute approximate surface area is 115 Å². The van der Waals surface area contributed by atoms with Gasteiger partial charge in [0.2, 0.25) is 0 Å². The molecule has 3 N–H and O–H groups in total. The SMILES string of the molecule is CCn1ncc(Br)c1C(NN)c1cccc(C)n1. The lowest BCUT2D eigenvalue weighted by molar-refractivity contribution is 0.533. The van der Waals surface area contributed by atoms with Gasteiger partial charge in [0, 0.05) is 12.2 Å². The minimum Gasteiger partial charge on any atom is -0.270 e. The van der Waals surface area contributed by atoms with Crippen LogP contribution in [0.2, 0.25) is 0 Å². The van der Waals surface area contributed by atoms with Gasteiger partial charge in [-0.05, 0) is 41.9 Å². The maximum absolute atomic E-state index is 5.69. The van der Waals surface area contributed by atoms with Gasteiger partial charge in [-0.25, -0.2) is 5.43 Å². The van der Waals surface area contributed by atoms with Crippen LogP contribution in [0.4, 0.5) is 0 Å². The van der Waals surface area contributed by atoms with Crippen molar-refractivity contribution in [2.45, 2.75) is 26.4 Å². The molecular weight excluding hydrogens is 294 g/mol. The lowest BCUT2D eigenvalue weighted by atomic mass is 10.1. The minimum atomic E-state index is -0.179. The van der Waals surface area contributed by atoms with Crippen LogP contribution < -0.4 is 11.3 Å². The average molecular weight is 310 g/mol. The van der Waals surface area contributed by atoms with E-state index in [1.165, 1.54) is 0 Å². The van der Waals surface area contributed by atoms with Gasteiger partial charge >= 0.3 is 0 Å². The molecule has 1 atom stereocenters. The van der Waals surface area contributed by atoms with Gasteiger partial charge in [-0.15, -0.1) is 0 Å². The molecule has 0 aliphatic rings. The Morgan fingerprint density at radius 2 is 2.28 bits per heavy atom. The molecule has 2 rings (SSSR count). The van der Waals surface area contributed by atoms with Crippen molar-refractivity contribution < 1.29 is 0 Å². The first-order chi connectivity index (χ1) is 8.67. The summed E-state index contributed by atoms with van der Waals surface area (Å²) >= 11 is 3.51. The highest BCUT2D eigenvalue weighted by Gasteiger charge is 2.21. The number of nitrogens with two attached hydrogens (primary N) is 1. The number of nitrogens with zero attached hydrogens (tertiary/aromatic N) is 3. The third kappa shape index (κ3) is 2.45. The maximum Gasteiger partial charge on any atom is 0.106 e. The Morgan fingerprint density at radius 1 is 1.50 bits per heavy atom. The number of halogens is 1. The molecule has 0 radical (unpaired) electrons. The molecular formula is C12H16BrN5. The van der Waals surface area contributed by atoms with Crippen LogP contribution in [-0.2, 0) is 6.54 Å². The first-order valence-corrected chi connectivity index (χ1v) is 6.57. The summed E-state index contributed by atoms with van der Waals surface area (Å²) in [5, 5.41) is 4.30.